The zero-order valence-electron chi connectivity index (χ0n) is 9.38. The van der Waals surface area contributed by atoms with Gasteiger partial charge in [0.05, 0.1) is 6.61 Å². The lowest BCUT2D eigenvalue weighted by Gasteiger charge is -2.20. The maximum Gasteiger partial charge on any atom is 0.247 e. The Morgan fingerprint density at radius 2 is 2.19 bits per heavy atom. The molecule has 6 heteroatoms. The van der Waals surface area contributed by atoms with Crippen LogP contribution in [0.3, 0.4) is 0 Å². The summed E-state index contributed by atoms with van der Waals surface area (Å²) >= 11 is 1.10. The number of primary sulfonamides is 1. The molecule has 0 saturated carbocycles. The van der Waals surface area contributed by atoms with Crippen LogP contribution in [0.2, 0.25) is 0 Å². The Kier molecular flexibility index (Phi) is 4.49. The van der Waals surface area contributed by atoms with Crippen LogP contribution in [0.1, 0.15) is 31.7 Å². The second-order valence-corrected chi connectivity index (χ2v) is 6.56. The molecule has 0 radical (unpaired) electrons. The van der Waals surface area contributed by atoms with Gasteiger partial charge in [-0.25, -0.2) is 13.6 Å². The largest absolute Gasteiger partial charge is 0.396 e. The minimum atomic E-state index is -3.68. The molecule has 2 atom stereocenters. The zero-order valence-corrected chi connectivity index (χ0v) is 11.0. The molecule has 1 rings (SSSR count). The first-order valence-electron chi connectivity index (χ1n) is 5.12. The van der Waals surface area contributed by atoms with Gasteiger partial charge < -0.3 is 5.11 Å². The summed E-state index contributed by atoms with van der Waals surface area (Å²) in [6.07, 6.45) is 0.880. The number of hydrogen-bond donors (Lipinski definition) is 2. The SMILES string of the molecule is CC[C@H](C)[C@H](CO)c1ccsc1S(N)(=O)=O. The van der Waals surface area contributed by atoms with Crippen molar-refractivity contribution < 1.29 is 13.5 Å². The van der Waals surface area contributed by atoms with Gasteiger partial charge in [0.1, 0.15) is 4.21 Å². The van der Waals surface area contributed by atoms with Crippen LogP contribution in [-0.2, 0) is 10.0 Å². The summed E-state index contributed by atoms with van der Waals surface area (Å²) in [5, 5.41) is 16.2. The molecular weight excluding hydrogens is 246 g/mol. The second kappa shape index (κ2) is 5.27. The first-order valence-corrected chi connectivity index (χ1v) is 7.55. The van der Waals surface area contributed by atoms with Gasteiger partial charge in [-0.2, -0.15) is 0 Å². The normalized spacial score (nSPS) is 16.0. The van der Waals surface area contributed by atoms with Gasteiger partial charge in [-0.3, -0.25) is 0 Å². The van der Waals surface area contributed by atoms with Crippen molar-refractivity contribution in [2.24, 2.45) is 11.1 Å². The molecule has 0 aromatic carbocycles. The molecule has 92 valence electrons. The van der Waals surface area contributed by atoms with E-state index in [1.165, 1.54) is 0 Å². The minimum Gasteiger partial charge on any atom is -0.396 e. The molecule has 0 amide bonds. The summed E-state index contributed by atoms with van der Waals surface area (Å²) in [5.41, 5.74) is 0.643. The predicted octanol–water partition coefficient (Wildman–Crippen LogP) is 1.52. The van der Waals surface area contributed by atoms with Gasteiger partial charge in [0, 0.05) is 5.92 Å². The number of sulfonamides is 1. The molecule has 1 aromatic heterocycles. The van der Waals surface area contributed by atoms with Gasteiger partial charge in [0.25, 0.3) is 0 Å². The molecule has 0 aliphatic rings. The van der Waals surface area contributed by atoms with Crippen LogP contribution in [0.5, 0.6) is 0 Å². The lowest BCUT2D eigenvalue weighted by atomic mass is 9.88. The van der Waals surface area contributed by atoms with E-state index in [1.807, 2.05) is 13.8 Å². The third kappa shape index (κ3) is 2.82. The van der Waals surface area contributed by atoms with Crippen molar-refractivity contribution in [3.05, 3.63) is 17.0 Å². The number of aliphatic hydroxyl groups excluding tert-OH is 1. The van der Waals surface area contributed by atoms with E-state index >= 15 is 0 Å². The maximum atomic E-state index is 11.4. The Hall–Kier alpha value is -0.430. The molecule has 0 saturated heterocycles. The van der Waals surface area contributed by atoms with Gasteiger partial charge in [-0.15, -0.1) is 11.3 Å². The number of thiophene rings is 1. The molecule has 1 aromatic rings. The summed E-state index contributed by atoms with van der Waals surface area (Å²) < 4.78 is 22.9. The Morgan fingerprint density at radius 1 is 1.56 bits per heavy atom. The predicted molar refractivity (Wildman–Crippen MR) is 65.0 cm³/mol. The molecule has 0 bridgehead atoms. The van der Waals surface area contributed by atoms with Gasteiger partial charge >= 0.3 is 0 Å². The van der Waals surface area contributed by atoms with Crippen molar-refractivity contribution in [1.82, 2.24) is 0 Å². The van der Waals surface area contributed by atoms with Crippen molar-refractivity contribution >= 4 is 21.4 Å². The molecular formula is C10H17NO3S2. The van der Waals surface area contributed by atoms with E-state index in [1.54, 1.807) is 11.4 Å². The van der Waals surface area contributed by atoms with E-state index in [0.29, 0.717) is 5.56 Å². The van der Waals surface area contributed by atoms with E-state index in [-0.39, 0.29) is 22.7 Å². The summed E-state index contributed by atoms with van der Waals surface area (Å²) in [6, 6.07) is 1.73. The Morgan fingerprint density at radius 3 is 2.62 bits per heavy atom. The molecule has 4 nitrogen and oxygen atoms in total. The van der Waals surface area contributed by atoms with Crippen LogP contribution < -0.4 is 5.14 Å². The van der Waals surface area contributed by atoms with E-state index in [9.17, 15) is 13.5 Å². The zero-order chi connectivity index (χ0) is 12.3. The fourth-order valence-corrected chi connectivity index (χ4v) is 3.63. The van der Waals surface area contributed by atoms with Crippen LogP contribution in [-0.4, -0.2) is 20.1 Å². The van der Waals surface area contributed by atoms with Crippen molar-refractivity contribution in [2.75, 3.05) is 6.61 Å². The summed E-state index contributed by atoms with van der Waals surface area (Å²) in [5.74, 6) is 0.0599. The molecule has 0 unspecified atom stereocenters. The highest BCUT2D eigenvalue weighted by molar-refractivity contribution is 7.91. The number of nitrogens with two attached hydrogens (primary N) is 1. The van der Waals surface area contributed by atoms with Gasteiger partial charge in [-0.1, -0.05) is 20.3 Å². The van der Waals surface area contributed by atoms with Crippen LogP contribution in [0.25, 0.3) is 0 Å². The first kappa shape index (κ1) is 13.6. The van der Waals surface area contributed by atoms with Gasteiger partial charge in [0.15, 0.2) is 0 Å². The second-order valence-electron chi connectivity index (χ2n) is 3.88. The average molecular weight is 263 g/mol. The molecule has 0 fully saturated rings. The summed E-state index contributed by atoms with van der Waals surface area (Å²) in [6.45, 7) is 3.94. The quantitative estimate of drug-likeness (QED) is 0.845. The van der Waals surface area contributed by atoms with Crippen LogP contribution in [0.15, 0.2) is 15.7 Å². The van der Waals surface area contributed by atoms with Crippen molar-refractivity contribution in [3.63, 3.8) is 0 Å². The van der Waals surface area contributed by atoms with E-state index in [4.69, 9.17) is 5.14 Å². The number of hydrogen-bond acceptors (Lipinski definition) is 4. The Balaban J connectivity index is 3.17. The van der Waals surface area contributed by atoms with Crippen molar-refractivity contribution in [1.29, 1.82) is 0 Å². The molecule has 0 spiro atoms. The lowest BCUT2D eigenvalue weighted by Crippen LogP contribution is -2.18. The molecule has 0 aliphatic heterocycles. The number of aliphatic hydroxyl groups is 1. The van der Waals surface area contributed by atoms with E-state index in [0.717, 1.165) is 17.8 Å². The van der Waals surface area contributed by atoms with E-state index in [2.05, 4.69) is 0 Å². The monoisotopic (exact) mass is 263 g/mol. The van der Waals surface area contributed by atoms with Crippen LogP contribution in [0.4, 0.5) is 0 Å². The highest BCUT2D eigenvalue weighted by Gasteiger charge is 2.25. The summed E-state index contributed by atoms with van der Waals surface area (Å²) in [4.78, 5) is 0. The molecule has 3 N–H and O–H groups in total. The molecule has 0 aliphatic carbocycles. The standard InChI is InChI=1S/C10H17NO3S2/c1-3-7(2)9(6-12)8-4-5-15-10(8)16(11,13)14/h4-5,7,9,12H,3,6H2,1-2H3,(H2,11,13,14)/t7-,9-/m0/s1. The molecule has 16 heavy (non-hydrogen) atoms. The highest BCUT2D eigenvalue weighted by Crippen LogP contribution is 2.33. The average Bonchev–Trinajstić information content (AvgIpc) is 2.67. The van der Waals surface area contributed by atoms with E-state index < -0.39 is 10.0 Å². The Bertz CT molecular complexity index is 439. The van der Waals surface area contributed by atoms with Gasteiger partial charge in [-0.05, 0) is 22.9 Å². The fourth-order valence-electron chi connectivity index (χ4n) is 1.68. The van der Waals surface area contributed by atoms with Crippen LogP contribution in [0, 0.1) is 5.92 Å². The molecule has 1 heterocycles. The van der Waals surface area contributed by atoms with Crippen molar-refractivity contribution in [2.45, 2.75) is 30.4 Å². The third-order valence-electron chi connectivity index (χ3n) is 2.84. The first-order chi connectivity index (χ1) is 7.41. The lowest BCUT2D eigenvalue weighted by molar-refractivity contribution is 0.227. The van der Waals surface area contributed by atoms with Crippen molar-refractivity contribution in [3.8, 4) is 0 Å². The van der Waals surface area contributed by atoms with Gasteiger partial charge in [0.2, 0.25) is 10.0 Å². The Labute approximate surface area is 100 Å². The summed E-state index contributed by atoms with van der Waals surface area (Å²) in [7, 11) is -3.68. The fraction of sp³-hybridized carbons (Fsp3) is 0.600. The maximum absolute atomic E-state index is 11.4. The highest BCUT2D eigenvalue weighted by atomic mass is 32.2. The van der Waals surface area contributed by atoms with Crippen LogP contribution >= 0.6 is 11.3 Å². The topological polar surface area (TPSA) is 80.4 Å². The number of rotatable bonds is 5. The smallest absolute Gasteiger partial charge is 0.247 e. The third-order valence-corrected chi connectivity index (χ3v) is 5.30. The minimum absolute atomic E-state index is 0.0613.